The number of rotatable bonds is 9. The highest BCUT2D eigenvalue weighted by atomic mass is 16.6. The van der Waals surface area contributed by atoms with Gasteiger partial charge in [0.05, 0.1) is 23.6 Å². The molecule has 9 heteroatoms. The molecule has 0 fully saturated rings. The van der Waals surface area contributed by atoms with Crippen molar-refractivity contribution in [2.75, 3.05) is 0 Å². The van der Waals surface area contributed by atoms with Gasteiger partial charge in [-0.15, -0.1) is 0 Å². The molecule has 3 aromatic carbocycles. The van der Waals surface area contributed by atoms with Gasteiger partial charge in [-0.05, 0) is 42.0 Å². The van der Waals surface area contributed by atoms with Crippen molar-refractivity contribution in [3.8, 4) is 11.3 Å². The Balaban J connectivity index is 1.38. The number of nitrogens with one attached hydrogen (secondary N) is 2. The lowest BCUT2D eigenvalue weighted by Crippen LogP contribution is -2.32. The maximum Gasteiger partial charge on any atom is 0.269 e. The van der Waals surface area contributed by atoms with Gasteiger partial charge < -0.3 is 9.73 Å². The fourth-order valence-electron chi connectivity index (χ4n) is 3.49. The van der Waals surface area contributed by atoms with Crippen LogP contribution in [0.5, 0.6) is 0 Å². The van der Waals surface area contributed by atoms with Crippen LogP contribution in [0.15, 0.2) is 107 Å². The number of furan rings is 1. The highest BCUT2D eigenvalue weighted by Gasteiger charge is 2.19. The average Bonchev–Trinajstić information content (AvgIpc) is 3.38. The fraction of sp³-hybridized carbons (Fsp3) is 0.0741. The third-order valence-corrected chi connectivity index (χ3v) is 5.30. The number of carbonyl (C=O) groups excluding carboxylic acids is 2. The lowest BCUT2D eigenvalue weighted by atomic mass is 10.0. The third kappa shape index (κ3) is 6.29. The highest BCUT2D eigenvalue weighted by Crippen LogP contribution is 2.24. The number of non-ortho nitro benzene ring substituents is 1. The molecule has 0 aliphatic carbocycles. The van der Waals surface area contributed by atoms with Crippen LogP contribution in [0.25, 0.3) is 11.3 Å². The van der Waals surface area contributed by atoms with E-state index in [0.717, 1.165) is 5.56 Å². The first-order chi connectivity index (χ1) is 17.5. The van der Waals surface area contributed by atoms with Gasteiger partial charge >= 0.3 is 0 Å². The summed E-state index contributed by atoms with van der Waals surface area (Å²) in [6.45, 7) is 0. The Morgan fingerprint density at radius 3 is 2.25 bits per heavy atom. The van der Waals surface area contributed by atoms with E-state index in [2.05, 4.69) is 15.8 Å². The van der Waals surface area contributed by atoms with Crippen LogP contribution in [-0.4, -0.2) is 23.0 Å². The minimum atomic E-state index is -0.550. The molecule has 0 radical (unpaired) electrons. The molecule has 0 bridgehead atoms. The number of nitrogens with zero attached hydrogens (tertiary/aromatic N) is 2. The van der Waals surface area contributed by atoms with Crippen LogP contribution in [0, 0.1) is 10.1 Å². The molecule has 2 N–H and O–H groups in total. The zero-order valence-corrected chi connectivity index (χ0v) is 19.0. The van der Waals surface area contributed by atoms with Crippen molar-refractivity contribution in [3.63, 3.8) is 0 Å². The molecule has 36 heavy (non-hydrogen) atoms. The number of benzene rings is 3. The summed E-state index contributed by atoms with van der Waals surface area (Å²) in [6, 6.07) is 26.8. The lowest BCUT2D eigenvalue weighted by Gasteiger charge is -2.18. The van der Waals surface area contributed by atoms with E-state index in [-0.39, 0.29) is 18.0 Å². The van der Waals surface area contributed by atoms with Gasteiger partial charge in [0.2, 0.25) is 5.91 Å². The van der Waals surface area contributed by atoms with Crippen molar-refractivity contribution in [2.45, 2.75) is 12.5 Å². The van der Waals surface area contributed by atoms with Crippen molar-refractivity contribution in [3.05, 3.63) is 124 Å². The summed E-state index contributed by atoms with van der Waals surface area (Å²) in [5.41, 5.74) is 4.41. The minimum Gasteiger partial charge on any atom is -0.455 e. The maximum absolute atomic E-state index is 12.7. The molecule has 0 unspecified atom stereocenters. The Bertz CT molecular complexity index is 1370. The second-order valence-corrected chi connectivity index (χ2v) is 7.81. The SMILES string of the molecule is O=C(C[C@@H](NC(=O)c1ccccc1)c1ccccc1)N/N=C\c1ccc(-c2ccc([N+](=O)[O-])cc2)o1. The van der Waals surface area contributed by atoms with E-state index in [1.807, 2.05) is 36.4 Å². The maximum atomic E-state index is 12.7. The van der Waals surface area contributed by atoms with Gasteiger partial charge in [0.25, 0.3) is 11.6 Å². The van der Waals surface area contributed by atoms with Crippen LogP contribution in [0.3, 0.4) is 0 Å². The van der Waals surface area contributed by atoms with Crippen LogP contribution in [0.4, 0.5) is 5.69 Å². The summed E-state index contributed by atoms with van der Waals surface area (Å²) in [4.78, 5) is 35.6. The Hall–Kier alpha value is -5.05. The predicted molar refractivity (Wildman–Crippen MR) is 134 cm³/mol. The number of carbonyl (C=O) groups is 2. The summed E-state index contributed by atoms with van der Waals surface area (Å²) >= 11 is 0. The van der Waals surface area contributed by atoms with Gasteiger partial charge in [-0.1, -0.05) is 48.5 Å². The molecule has 0 aliphatic rings. The van der Waals surface area contributed by atoms with E-state index in [1.54, 1.807) is 48.5 Å². The van der Waals surface area contributed by atoms with E-state index >= 15 is 0 Å². The average molecular weight is 482 g/mol. The third-order valence-electron chi connectivity index (χ3n) is 5.30. The van der Waals surface area contributed by atoms with E-state index in [4.69, 9.17) is 4.42 Å². The second-order valence-electron chi connectivity index (χ2n) is 7.81. The number of amides is 2. The zero-order chi connectivity index (χ0) is 25.3. The van der Waals surface area contributed by atoms with Gasteiger partial charge in [0.1, 0.15) is 11.5 Å². The van der Waals surface area contributed by atoms with Crippen molar-refractivity contribution >= 4 is 23.7 Å². The van der Waals surface area contributed by atoms with Crippen molar-refractivity contribution < 1.29 is 18.9 Å². The standard InChI is InChI=1S/C27H22N4O5/c32-26(17-24(19-7-3-1-4-8-19)29-27(33)21-9-5-2-6-10-21)30-28-18-23-15-16-25(36-23)20-11-13-22(14-12-20)31(34)35/h1-16,18,24H,17H2,(H,29,33)(H,30,32)/b28-18-/t24-/m1/s1. The molecule has 1 atom stereocenters. The first-order valence-electron chi connectivity index (χ1n) is 11.1. The number of nitro benzene ring substituents is 1. The monoisotopic (exact) mass is 482 g/mol. The molecule has 1 heterocycles. The van der Waals surface area contributed by atoms with Crippen LogP contribution < -0.4 is 10.7 Å². The summed E-state index contributed by atoms with van der Waals surface area (Å²) in [6.07, 6.45) is 1.33. The summed E-state index contributed by atoms with van der Waals surface area (Å²) in [5, 5.41) is 17.7. The number of nitro groups is 1. The van der Waals surface area contributed by atoms with Crippen molar-refractivity contribution in [2.24, 2.45) is 5.10 Å². The molecule has 9 nitrogen and oxygen atoms in total. The van der Waals surface area contributed by atoms with Crippen LogP contribution in [0.1, 0.15) is 34.1 Å². The van der Waals surface area contributed by atoms with Crippen molar-refractivity contribution in [1.82, 2.24) is 10.7 Å². The van der Waals surface area contributed by atoms with E-state index in [9.17, 15) is 19.7 Å². The zero-order valence-electron chi connectivity index (χ0n) is 19.0. The lowest BCUT2D eigenvalue weighted by molar-refractivity contribution is -0.384. The second kappa shape index (κ2) is 11.4. The van der Waals surface area contributed by atoms with E-state index < -0.39 is 16.9 Å². The first kappa shape index (κ1) is 24.1. The Kier molecular flexibility index (Phi) is 7.62. The summed E-state index contributed by atoms with van der Waals surface area (Å²) in [5.74, 6) is 0.219. The molecular formula is C27H22N4O5. The molecule has 2 amide bonds. The Morgan fingerprint density at radius 1 is 0.917 bits per heavy atom. The molecular weight excluding hydrogens is 460 g/mol. The molecule has 4 aromatic rings. The molecule has 1 aromatic heterocycles. The molecule has 0 aliphatic heterocycles. The number of hydrazone groups is 1. The summed E-state index contributed by atoms with van der Waals surface area (Å²) in [7, 11) is 0. The quantitative estimate of drug-likeness (QED) is 0.200. The minimum absolute atomic E-state index is 0.0106. The van der Waals surface area contributed by atoms with Gasteiger partial charge in [-0.3, -0.25) is 19.7 Å². The van der Waals surface area contributed by atoms with Gasteiger partial charge in [0.15, 0.2) is 0 Å². The highest BCUT2D eigenvalue weighted by molar-refractivity contribution is 5.94. The van der Waals surface area contributed by atoms with Crippen LogP contribution in [0.2, 0.25) is 0 Å². The van der Waals surface area contributed by atoms with Gasteiger partial charge in [-0.25, -0.2) is 5.43 Å². The van der Waals surface area contributed by atoms with Gasteiger partial charge in [0, 0.05) is 23.3 Å². The van der Waals surface area contributed by atoms with E-state index in [0.29, 0.717) is 22.6 Å². The number of hydrogen-bond donors (Lipinski definition) is 2. The van der Waals surface area contributed by atoms with E-state index in [1.165, 1.54) is 18.3 Å². The Morgan fingerprint density at radius 2 is 1.58 bits per heavy atom. The largest absolute Gasteiger partial charge is 0.455 e. The molecule has 4 rings (SSSR count). The van der Waals surface area contributed by atoms with Crippen LogP contribution >= 0.6 is 0 Å². The first-order valence-corrected chi connectivity index (χ1v) is 11.1. The Labute approximate surface area is 206 Å². The number of hydrogen-bond acceptors (Lipinski definition) is 6. The molecule has 180 valence electrons. The molecule has 0 saturated carbocycles. The van der Waals surface area contributed by atoms with Gasteiger partial charge in [-0.2, -0.15) is 5.10 Å². The van der Waals surface area contributed by atoms with Crippen molar-refractivity contribution in [1.29, 1.82) is 0 Å². The fourth-order valence-corrected chi connectivity index (χ4v) is 3.49. The topological polar surface area (TPSA) is 127 Å². The van der Waals surface area contributed by atoms with Crippen LogP contribution in [-0.2, 0) is 4.79 Å². The summed E-state index contributed by atoms with van der Waals surface area (Å²) < 4.78 is 5.68. The molecule has 0 spiro atoms. The smallest absolute Gasteiger partial charge is 0.269 e. The molecule has 0 saturated heterocycles. The predicted octanol–water partition coefficient (Wildman–Crippen LogP) is 4.87. The normalized spacial score (nSPS) is 11.7.